The molecule has 0 spiro atoms. The average Bonchev–Trinajstić information content (AvgIpc) is 2.60. The minimum atomic E-state index is 0.858. The molecule has 0 atom stereocenters. The summed E-state index contributed by atoms with van der Waals surface area (Å²) in [5, 5.41) is 6.05. The van der Waals surface area contributed by atoms with Crippen LogP contribution in [0.25, 0.3) is 32.7 Å². The van der Waals surface area contributed by atoms with E-state index in [0.717, 1.165) is 5.33 Å². The Morgan fingerprint density at radius 3 is 2.00 bits per heavy atom. The SMILES string of the molecule is BrCc1ccc2ccccc2c1-c1cccc2ccccc12. The Balaban J connectivity index is 2.16. The molecule has 0 aliphatic carbocycles. The summed E-state index contributed by atoms with van der Waals surface area (Å²) in [5.41, 5.74) is 3.98. The van der Waals surface area contributed by atoms with Crippen molar-refractivity contribution in [1.29, 1.82) is 0 Å². The maximum Gasteiger partial charge on any atom is 0.0289 e. The van der Waals surface area contributed by atoms with Crippen molar-refractivity contribution in [2.75, 3.05) is 0 Å². The van der Waals surface area contributed by atoms with E-state index in [9.17, 15) is 0 Å². The predicted molar refractivity (Wildman–Crippen MR) is 99.5 cm³/mol. The monoisotopic (exact) mass is 346 g/mol. The van der Waals surface area contributed by atoms with Crippen molar-refractivity contribution in [3.63, 3.8) is 0 Å². The highest BCUT2D eigenvalue weighted by atomic mass is 79.9. The van der Waals surface area contributed by atoms with Crippen molar-refractivity contribution in [3.05, 3.63) is 84.4 Å². The highest BCUT2D eigenvalue weighted by Gasteiger charge is 2.11. The van der Waals surface area contributed by atoms with Crippen LogP contribution in [0.1, 0.15) is 5.56 Å². The van der Waals surface area contributed by atoms with E-state index in [1.165, 1.54) is 38.2 Å². The fourth-order valence-corrected chi connectivity index (χ4v) is 3.66. The van der Waals surface area contributed by atoms with Crippen LogP contribution in [0.5, 0.6) is 0 Å². The third-order valence-corrected chi connectivity index (χ3v) is 4.82. The van der Waals surface area contributed by atoms with Crippen LogP contribution in [-0.2, 0) is 5.33 Å². The van der Waals surface area contributed by atoms with Gasteiger partial charge < -0.3 is 0 Å². The van der Waals surface area contributed by atoms with Gasteiger partial charge in [0.1, 0.15) is 0 Å². The van der Waals surface area contributed by atoms with Gasteiger partial charge >= 0.3 is 0 Å². The average molecular weight is 347 g/mol. The maximum absolute atomic E-state index is 3.66. The van der Waals surface area contributed by atoms with Gasteiger partial charge in [-0.2, -0.15) is 0 Å². The van der Waals surface area contributed by atoms with E-state index in [1.54, 1.807) is 0 Å². The molecule has 0 saturated heterocycles. The molecule has 0 heterocycles. The molecule has 4 rings (SSSR count). The summed E-state index contributed by atoms with van der Waals surface area (Å²) < 4.78 is 0. The lowest BCUT2D eigenvalue weighted by atomic mass is 9.91. The molecule has 0 aliphatic heterocycles. The quantitative estimate of drug-likeness (QED) is 0.361. The molecule has 22 heavy (non-hydrogen) atoms. The van der Waals surface area contributed by atoms with E-state index < -0.39 is 0 Å². The summed E-state index contributed by atoms with van der Waals surface area (Å²) in [4.78, 5) is 0. The Morgan fingerprint density at radius 1 is 0.591 bits per heavy atom. The van der Waals surface area contributed by atoms with Crippen LogP contribution < -0.4 is 0 Å². The molecule has 0 saturated carbocycles. The van der Waals surface area contributed by atoms with Gasteiger partial charge in [0.05, 0.1) is 0 Å². The second kappa shape index (κ2) is 5.58. The third kappa shape index (κ3) is 2.13. The molecule has 0 N–H and O–H groups in total. The van der Waals surface area contributed by atoms with E-state index >= 15 is 0 Å². The number of halogens is 1. The molecule has 0 nitrogen and oxygen atoms in total. The summed E-state index contributed by atoms with van der Waals surface area (Å²) in [6.45, 7) is 0. The third-order valence-electron chi connectivity index (χ3n) is 4.22. The van der Waals surface area contributed by atoms with E-state index in [4.69, 9.17) is 0 Å². The zero-order chi connectivity index (χ0) is 14.9. The molecule has 0 bridgehead atoms. The van der Waals surface area contributed by atoms with Crippen molar-refractivity contribution in [2.24, 2.45) is 0 Å². The van der Waals surface area contributed by atoms with Gasteiger partial charge in [0.25, 0.3) is 0 Å². The van der Waals surface area contributed by atoms with Crippen LogP contribution in [0.15, 0.2) is 78.9 Å². The van der Waals surface area contributed by atoms with Gasteiger partial charge in [0.2, 0.25) is 0 Å². The lowest BCUT2D eigenvalue weighted by molar-refractivity contribution is 1.46. The van der Waals surface area contributed by atoms with Gasteiger partial charge in [-0.3, -0.25) is 0 Å². The second-order valence-electron chi connectivity index (χ2n) is 5.48. The van der Waals surface area contributed by atoms with Crippen LogP contribution in [0, 0.1) is 0 Å². The molecule has 0 amide bonds. The van der Waals surface area contributed by atoms with Gasteiger partial charge in [0.15, 0.2) is 0 Å². The first-order valence-corrected chi connectivity index (χ1v) is 8.55. The number of alkyl halides is 1. The van der Waals surface area contributed by atoms with Gasteiger partial charge in [-0.1, -0.05) is 94.8 Å². The lowest BCUT2D eigenvalue weighted by Gasteiger charge is -2.14. The van der Waals surface area contributed by atoms with E-state index in [0.29, 0.717) is 0 Å². The van der Waals surface area contributed by atoms with Gasteiger partial charge in [0, 0.05) is 5.33 Å². The normalized spacial score (nSPS) is 11.1. The smallest absolute Gasteiger partial charge is 0.0289 e. The molecule has 4 aromatic carbocycles. The van der Waals surface area contributed by atoms with Crippen molar-refractivity contribution in [1.82, 2.24) is 0 Å². The number of benzene rings is 4. The van der Waals surface area contributed by atoms with E-state index in [2.05, 4.69) is 94.8 Å². The van der Waals surface area contributed by atoms with Crippen LogP contribution in [0.4, 0.5) is 0 Å². The maximum atomic E-state index is 3.66. The minimum Gasteiger partial charge on any atom is -0.0876 e. The van der Waals surface area contributed by atoms with Crippen LogP contribution in [-0.4, -0.2) is 0 Å². The molecule has 106 valence electrons. The van der Waals surface area contributed by atoms with Gasteiger partial charge in [-0.25, -0.2) is 0 Å². The van der Waals surface area contributed by atoms with Gasteiger partial charge in [-0.15, -0.1) is 0 Å². The number of hydrogen-bond acceptors (Lipinski definition) is 0. The molecule has 0 unspecified atom stereocenters. The first-order chi connectivity index (χ1) is 10.9. The topological polar surface area (TPSA) is 0 Å². The van der Waals surface area contributed by atoms with Crippen LogP contribution >= 0.6 is 15.9 Å². The minimum absolute atomic E-state index is 0.858. The summed E-state index contributed by atoms with van der Waals surface area (Å²) in [6.07, 6.45) is 0. The fraction of sp³-hybridized carbons (Fsp3) is 0.0476. The summed E-state index contributed by atoms with van der Waals surface area (Å²) in [5.74, 6) is 0. The molecule has 0 fully saturated rings. The lowest BCUT2D eigenvalue weighted by Crippen LogP contribution is -1.90. The number of rotatable bonds is 2. The standard InChI is InChI=1S/C21H15Br/c22-14-17-13-12-16-7-2-4-10-19(16)21(17)20-11-5-8-15-6-1-3-9-18(15)20/h1-13H,14H2. The Labute approximate surface area is 138 Å². The number of hydrogen-bond donors (Lipinski definition) is 0. The zero-order valence-corrected chi connectivity index (χ0v) is 13.7. The summed E-state index contributed by atoms with van der Waals surface area (Å²) in [6, 6.07) is 28.2. The first kappa shape index (κ1) is 13.5. The van der Waals surface area contributed by atoms with Crippen molar-refractivity contribution in [3.8, 4) is 11.1 Å². The van der Waals surface area contributed by atoms with Gasteiger partial charge in [-0.05, 0) is 38.2 Å². The van der Waals surface area contributed by atoms with E-state index in [1.807, 2.05) is 0 Å². The summed E-state index contributed by atoms with van der Waals surface area (Å²) >= 11 is 3.66. The molecule has 0 aliphatic rings. The molecular weight excluding hydrogens is 332 g/mol. The Morgan fingerprint density at radius 2 is 1.23 bits per heavy atom. The highest BCUT2D eigenvalue weighted by Crippen LogP contribution is 2.37. The van der Waals surface area contributed by atoms with Crippen LogP contribution in [0.2, 0.25) is 0 Å². The molecule has 0 aromatic heterocycles. The summed E-state index contributed by atoms with van der Waals surface area (Å²) in [7, 11) is 0. The van der Waals surface area contributed by atoms with Crippen molar-refractivity contribution in [2.45, 2.75) is 5.33 Å². The highest BCUT2D eigenvalue weighted by molar-refractivity contribution is 9.08. The van der Waals surface area contributed by atoms with Crippen molar-refractivity contribution < 1.29 is 0 Å². The molecule has 0 radical (unpaired) electrons. The zero-order valence-electron chi connectivity index (χ0n) is 12.1. The van der Waals surface area contributed by atoms with E-state index in [-0.39, 0.29) is 0 Å². The van der Waals surface area contributed by atoms with Crippen molar-refractivity contribution >= 4 is 37.5 Å². The second-order valence-corrected chi connectivity index (χ2v) is 6.04. The molecular formula is C21H15Br. The number of fused-ring (bicyclic) bond motifs is 2. The Kier molecular flexibility index (Phi) is 3.44. The molecule has 1 heteroatoms. The first-order valence-electron chi connectivity index (χ1n) is 7.43. The Hall–Kier alpha value is -2.12. The molecule has 4 aromatic rings. The largest absolute Gasteiger partial charge is 0.0876 e. The Bertz CT molecular complexity index is 964. The fourth-order valence-electron chi connectivity index (χ4n) is 3.19. The predicted octanol–water partition coefficient (Wildman–Crippen LogP) is 6.55. The van der Waals surface area contributed by atoms with Crippen LogP contribution in [0.3, 0.4) is 0 Å².